The van der Waals surface area contributed by atoms with Gasteiger partial charge in [0.2, 0.25) is 11.8 Å². The van der Waals surface area contributed by atoms with Gasteiger partial charge in [-0.2, -0.15) is 0 Å². The topological polar surface area (TPSA) is 58.2 Å². The quantitative estimate of drug-likeness (QED) is 0.834. The molecule has 0 saturated carbocycles. The summed E-state index contributed by atoms with van der Waals surface area (Å²) in [4.78, 5) is 25.8. The molecule has 2 amide bonds. The molecule has 1 aliphatic carbocycles. The van der Waals surface area contributed by atoms with Crippen LogP contribution in [0.2, 0.25) is 0 Å². The van der Waals surface area contributed by atoms with Crippen molar-refractivity contribution in [1.29, 1.82) is 0 Å². The highest BCUT2D eigenvalue weighted by Crippen LogP contribution is 2.36. The molecule has 2 atom stereocenters. The van der Waals surface area contributed by atoms with Gasteiger partial charge in [0.15, 0.2) is 0 Å². The highest BCUT2D eigenvalue weighted by molar-refractivity contribution is 8.01. The Morgan fingerprint density at radius 3 is 2.81 bits per heavy atom. The Hall–Kier alpha value is -2.27. The summed E-state index contributed by atoms with van der Waals surface area (Å²) in [7, 11) is 0. The summed E-state index contributed by atoms with van der Waals surface area (Å²) in [5.74, 6) is -0.192. The second-order valence-electron chi connectivity index (χ2n) is 7.32. The molecule has 0 saturated heterocycles. The summed E-state index contributed by atoms with van der Waals surface area (Å²) in [6.45, 7) is 2.01. The molecule has 140 valence electrons. The van der Waals surface area contributed by atoms with E-state index in [1.807, 2.05) is 31.2 Å². The Bertz CT molecular complexity index is 880. The predicted octanol–water partition coefficient (Wildman–Crippen LogP) is 4.25. The second-order valence-corrected chi connectivity index (χ2v) is 8.57. The Morgan fingerprint density at radius 2 is 1.96 bits per heavy atom. The zero-order valence-corrected chi connectivity index (χ0v) is 16.3. The van der Waals surface area contributed by atoms with Crippen LogP contribution in [0.1, 0.15) is 48.9 Å². The predicted molar refractivity (Wildman–Crippen MR) is 109 cm³/mol. The monoisotopic (exact) mass is 380 g/mol. The highest BCUT2D eigenvalue weighted by Gasteiger charge is 2.29. The SMILES string of the molecule is C[C@H](NC(=O)C[C@H]1Sc2ccccc2NC1=O)c1ccc2c(c1)CCCC2. The van der Waals surface area contributed by atoms with Crippen molar-refractivity contribution in [1.82, 2.24) is 5.32 Å². The Kier molecular flexibility index (Phi) is 5.21. The van der Waals surface area contributed by atoms with E-state index in [0.29, 0.717) is 0 Å². The number of carbonyl (C=O) groups excluding carboxylic acids is 2. The molecule has 0 fully saturated rings. The van der Waals surface area contributed by atoms with Crippen LogP contribution in [0.4, 0.5) is 5.69 Å². The largest absolute Gasteiger partial charge is 0.350 e. The maximum Gasteiger partial charge on any atom is 0.238 e. The van der Waals surface area contributed by atoms with E-state index in [0.717, 1.165) is 29.0 Å². The summed E-state index contributed by atoms with van der Waals surface area (Å²) < 4.78 is 0. The first-order valence-corrected chi connectivity index (χ1v) is 10.5. The van der Waals surface area contributed by atoms with Crippen molar-refractivity contribution >= 4 is 29.3 Å². The van der Waals surface area contributed by atoms with Crippen molar-refractivity contribution in [3.63, 3.8) is 0 Å². The number of rotatable bonds is 4. The normalized spacial score (nSPS) is 19.4. The standard InChI is InChI=1S/C22H24N2O2S/c1-14(16-11-10-15-6-2-3-7-17(15)12-16)23-21(25)13-20-22(26)24-18-8-4-5-9-19(18)27-20/h4-5,8-12,14,20H,2-3,6-7,13H2,1H3,(H,23,25)(H,24,26)/t14-,20+/m0/s1. The van der Waals surface area contributed by atoms with E-state index >= 15 is 0 Å². The molecule has 27 heavy (non-hydrogen) atoms. The zero-order chi connectivity index (χ0) is 18.8. The van der Waals surface area contributed by atoms with Crippen LogP contribution in [-0.2, 0) is 22.4 Å². The molecule has 0 spiro atoms. The van der Waals surface area contributed by atoms with Gasteiger partial charge in [0.25, 0.3) is 0 Å². The maximum absolute atomic E-state index is 12.5. The van der Waals surface area contributed by atoms with Crippen LogP contribution in [0, 0.1) is 0 Å². The molecule has 2 N–H and O–H groups in total. The average Bonchev–Trinajstić information content (AvgIpc) is 2.68. The molecular formula is C22H24N2O2S. The van der Waals surface area contributed by atoms with Gasteiger partial charge in [0.05, 0.1) is 17.0 Å². The smallest absolute Gasteiger partial charge is 0.238 e. The molecule has 0 bridgehead atoms. The summed E-state index contributed by atoms with van der Waals surface area (Å²) in [6.07, 6.45) is 4.98. The van der Waals surface area contributed by atoms with E-state index in [1.54, 1.807) is 0 Å². The molecule has 0 aromatic heterocycles. The van der Waals surface area contributed by atoms with E-state index in [2.05, 4.69) is 28.8 Å². The number of thioether (sulfide) groups is 1. The fourth-order valence-corrected chi connectivity index (χ4v) is 4.91. The first-order valence-electron chi connectivity index (χ1n) is 9.58. The first-order chi connectivity index (χ1) is 13.1. The van der Waals surface area contributed by atoms with E-state index in [1.165, 1.54) is 35.7 Å². The molecule has 2 aliphatic rings. The van der Waals surface area contributed by atoms with Gasteiger partial charge in [-0.05, 0) is 61.4 Å². The van der Waals surface area contributed by atoms with Crippen LogP contribution in [0.5, 0.6) is 0 Å². The lowest BCUT2D eigenvalue weighted by atomic mass is 9.89. The molecule has 5 heteroatoms. The molecule has 4 rings (SSSR count). The van der Waals surface area contributed by atoms with Crippen LogP contribution in [-0.4, -0.2) is 17.1 Å². The van der Waals surface area contributed by atoms with Crippen LogP contribution in [0.15, 0.2) is 47.4 Å². The Morgan fingerprint density at radius 1 is 1.19 bits per heavy atom. The number of aryl methyl sites for hydroxylation is 2. The molecule has 4 nitrogen and oxygen atoms in total. The molecule has 1 aliphatic heterocycles. The van der Waals surface area contributed by atoms with Crippen molar-refractivity contribution in [2.75, 3.05) is 5.32 Å². The number of fused-ring (bicyclic) bond motifs is 2. The van der Waals surface area contributed by atoms with E-state index in [-0.39, 0.29) is 24.3 Å². The number of hydrogen-bond donors (Lipinski definition) is 2. The average molecular weight is 381 g/mol. The van der Waals surface area contributed by atoms with Crippen molar-refractivity contribution < 1.29 is 9.59 Å². The van der Waals surface area contributed by atoms with Crippen molar-refractivity contribution in [2.24, 2.45) is 0 Å². The zero-order valence-electron chi connectivity index (χ0n) is 15.5. The highest BCUT2D eigenvalue weighted by atomic mass is 32.2. The van der Waals surface area contributed by atoms with Gasteiger partial charge in [0, 0.05) is 11.3 Å². The Labute approximate surface area is 164 Å². The fourth-order valence-electron chi connectivity index (χ4n) is 3.80. The summed E-state index contributed by atoms with van der Waals surface area (Å²) in [6, 6.07) is 14.2. The number of benzene rings is 2. The van der Waals surface area contributed by atoms with Gasteiger partial charge in [0.1, 0.15) is 0 Å². The number of hydrogen-bond acceptors (Lipinski definition) is 3. The van der Waals surface area contributed by atoms with Crippen LogP contribution in [0.3, 0.4) is 0 Å². The van der Waals surface area contributed by atoms with Crippen molar-refractivity contribution in [3.8, 4) is 0 Å². The van der Waals surface area contributed by atoms with Crippen molar-refractivity contribution in [2.45, 2.75) is 55.2 Å². The second kappa shape index (κ2) is 7.77. The number of para-hydroxylation sites is 1. The van der Waals surface area contributed by atoms with Crippen molar-refractivity contribution in [3.05, 3.63) is 59.2 Å². The number of carbonyl (C=O) groups is 2. The molecular weight excluding hydrogens is 356 g/mol. The fraction of sp³-hybridized carbons (Fsp3) is 0.364. The van der Waals surface area contributed by atoms with Gasteiger partial charge in [-0.25, -0.2) is 0 Å². The Balaban J connectivity index is 1.38. The summed E-state index contributed by atoms with van der Waals surface area (Å²) in [5, 5.41) is 5.56. The lowest BCUT2D eigenvalue weighted by molar-refractivity contribution is -0.124. The third-order valence-corrected chi connectivity index (χ3v) is 6.60. The number of amides is 2. The third-order valence-electron chi connectivity index (χ3n) is 5.33. The molecule has 2 aromatic rings. The minimum absolute atomic E-state index is 0.0614. The van der Waals surface area contributed by atoms with Gasteiger partial charge in [-0.15, -0.1) is 11.8 Å². The maximum atomic E-state index is 12.5. The summed E-state index contributed by atoms with van der Waals surface area (Å²) in [5.41, 5.74) is 4.82. The number of nitrogens with one attached hydrogen (secondary N) is 2. The lowest BCUT2D eigenvalue weighted by Crippen LogP contribution is -2.35. The minimum atomic E-state index is -0.393. The van der Waals surface area contributed by atoms with E-state index < -0.39 is 5.25 Å². The molecule has 2 aromatic carbocycles. The molecule has 0 radical (unpaired) electrons. The lowest BCUT2D eigenvalue weighted by Gasteiger charge is -2.24. The first kappa shape index (κ1) is 18.1. The van der Waals surface area contributed by atoms with Crippen LogP contribution in [0.25, 0.3) is 0 Å². The van der Waals surface area contributed by atoms with Crippen LogP contribution >= 0.6 is 11.8 Å². The number of anilines is 1. The third kappa shape index (κ3) is 4.03. The minimum Gasteiger partial charge on any atom is -0.350 e. The van der Waals surface area contributed by atoms with Gasteiger partial charge in [-0.1, -0.05) is 30.3 Å². The van der Waals surface area contributed by atoms with Crippen LogP contribution < -0.4 is 10.6 Å². The van der Waals surface area contributed by atoms with Gasteiger partial charge in [-0.3, -0.25) is 9.59 Å². The van der Waals surface area contributed by atoms with E-state index in [9.17, 15) is 9.59 Å². The van der Waals surface area contributed by atoms with Gasteiger partial charge < -0.3 is 10.6 Å². The van der Waals surface area contributed by atoms with Gasteiger partial charge >= 0.3 is 0 Å². The summed E-state index contributed by atoms with van der Waals surface area (Å²) >= 11 is 1.46. The molecule has 0 unspecified atom stereocenters. The molecule has 1 heterocycles. The van der Waals surface area contributed by atoms with E-state index in [4.69, 9.17) is 0 Å².